The van der Waals surface area contributed by atoms with Crippen molar-refractivity contribution >= 4 is 34.4 Å². The van der Waals surface area contributed by atoms with Crippen molar-refractivity contribution in [1.82, 2.24) is 0 Å². The van der Waals surface area contributed by atoms with Gasteiger partial charge in [-0.1, -0.05) is 11.8 Å². The highest BCUT2D eigenvalue weighted by Gasteiger charge is 2.34. The van der Waals surface area contributed by atoms with Gasteiger partial charge in [-0.3, -0.25) is 0 Å². The summed E-state index contributed by atoms with van der Waals surface area (Å²) < 4.78 is 40.0. The molecule has 0 aliphatic carbocycles. The van der Waals surface area contributed by atoms with E-state index < -0.39 is 11.7 Å². The van der Waals surface area contributed by atoms with Crippen LogP contribution in [0.15, 0.2) is 52.3 Å². The number of hydrogen-bond donors (Lipinski definition) is 0. The Kier molecular flexibility index (Phi) is 4.60. The summed E-state index contributed by atoms with van der Waals surface area (Å²) in [5.41, 5.74) is -0.774. The van der Waals surface area contributed by atoms with E-state index in [1.54, 1.807) is 18.2 Å². The standard InChI is InChI=1S/C14H7F3INS/c15-14(16,17)12-7-9(8-19)1-6-13(12)20-11-4-2-10(18)3-5-11/h1-7H. The number of nitrogens with zero attached hydrogens (tertiary/aromatic N) is 1. The molecule has 0 spiro atoms. The van der Waals surface area contributed by atoms with E-state index >= 15 is 0 Å². The summed E-state index contributed by atoms with van der Waals surface area (Å²) in [4.78, 5) is 0.818. The Bertz CT molecular complexity index is 660. The molecular formula is C14H7F3INS. The minimum Gasteiger partial charge on any atom is -0.192 e. The first-order valence-corrected chi connectivity index (χ1v) is 7.34. The van der Waals surface area contributed by atoms with Crippen molar-refractivity contribution in [2.75, 3.05) is 0 Å². The molecule has 0 radical (unpaired) electrons. The lowest BCUT2D eigenvalue weighted by atomic mass is 10.1. The predicted molar refractivity (Wildman–Crippen MR) is 79.4 cm³/mol. The largest absolute Gasteiger partial charge is 0.417 e. The van der Waals surface area contributed by atoms with Gasteiger partial charge in [0.15, 0.2) is 0 Å². The zero-order chi connectivity index (χ0) is 14.8. The summed E-state index contributed by atoms with van der Waals surface area (Å²) in [6, 6.07) is 12.5. The number of nitriles is 1. The summed E-state index contributed by atoms with van der Waals surface area (Å²) in [5, 5.41) is 8.71. The Morgan fingerprint density at radius 3 is 2.25 bits per heavy atom. The monoisotopic (exact) mass is 405 g/mol. The van der Waals surface area contributed by atoms with Crippen LogP contribution in [0.4, 0.5) is 13.2 Å². The molecule has 0 saturated heterocycles. The minimum absolute atomic E-state index is 0.00397. The van der Waals surface area contributed by atoms with Crippen LogP contribution in [-0.4, -0.2) is 0 Å². The Balaban J connectivity index is 2.41. The quantitative estimate of drug-likeness (QED) is 0.631. The van der Waals surface area contributed by atoms with E-state index in [-0.39, 0.29) is 10.5 Å². The second-order valence-electron chi connectivity index (χ2n) is 3.88. The minimum atomic E-state index is -4.47. The third-order valence-corrected chi connectivity index (χ3v) is 4.26. The van der Waals surface area contributed by atoms with E-state index in [1.165, 1.54) is 12.1 Å². The van der Waals surface area contributed by atoms with Crippen LogP contribution in [0.3, 0.4) is 0 Å². The molecule has 0 unspecified atom stereocenters. The topological polar surface area (TPSA) is 23.8 Å². The molecule has 0 heterocycles. The number of halogens is 4. The van der Waals surface area contributed by atoms with Gasteiger partial charge in [0, 0.05) is 13.4 Å². The number of rotatable bonds is 2. The summed E-state index contributed by atoms with van der Waals surface area (Å²) >= 11 is 3.17. The van der Waals surface area contributed by atoms with Crippen LogP contribution >= 0.6 is 34.4 Å². The highest BCUT2D eigenvalue weighted by Crippen LogP contribution is 2.40. The second-order valence-corrected chi connectivity index (χ2v) is 6.24. The molecule has 0 saturated carbocycles. The summed E-state index contributed by atoms with van der Waals surface area (Å²) in [6.45, 7) is 0. The SMILES string of the molecule is N#Cc1ccc(Sc2ccc(I)cc2)c(C(F)(F)F)c1. The van der Waals surface area contributed by atoms with Gasteiger partial charge in [0.05, 0.1) is 17.2 Å². The van der Waals surface area contributed by atoms with Crippen molar-refractivity contribution in [3.8, 4) is 6.07 Å². The molecule has 0 fully saturated rings. The average molecular weight is 405 g/mol. The van der Waals surface area contributed by atoms with E-state index in [0.29, 0.717) is 0 Å². The molecule has 0 atom stereocenters. The fourth-order valence-electron chi connectivity index (χ4n) is 1.54. The van der Waals surface area contributed by atoms with Gasteiger partial charge in [0.1, 0.15) is 0 Å². The Morgan fingerprint density at radius 1 is 1.05 bits per heavy atom. The normalized spacial score (nSPS) is 11.2. The molecule has 0 amide bonds. The van der Waals surface area contributed by atoms with Crippen LogP contribution in [0.25, 0.3) is 0 Å². The molecule has 0 bridgehead atoms. The van der Waals surface area contributed by atoms with Crippen molar-refractivity contribution in [1.29, 1.82) is 5.26 Å². The van der Waals surface area contributed by atoms with Crippen molar-refractivity contribution in [3.05, 3.63) is 57.2 Å². The average Bonchev–Trinajstić information content (AvgIpc) is 2.40. The van der Waals surface area contributed by atoms with Gasteiger partial charge in [-0.15, -0.1) is 0 Å². The molecule has 0 aliphatic heterocycles. The Hall–Kier alpha value is -1.20. The number of benzene rings is 2. The van der Waals surface area contributed by atoms with Crippen LogP contribution in [0.2, 0.25) is 0 Å². The maximum absolute atomic E-state index is 13.0. The molecule has 1 nitrogen and oxygen atoms in total. The summed E-state index contributed by atoms with van der Waals surface area (Å²) in [7, 11) is 0. The lowest BCUT2D eigenvalue weighted by Crippen LogP contribution is -2.07. The maximum atomic E-state index is 13.0. The van der Waals surface area contributed by atoms with Gasteiger partial charge in [-0.2, -0.15) is 18.4 Å². The Morgan fingerprint density at radius 2 is 1.70 bits per heavy atom. The molecule has 2 aromatic carbocycles. The second kappa shape index (κ2) is 6.06. The van der Waals surface area contributed by atoms with E-state index in [4.69, 9.17) is 5.26 Å². The van der Waals surface area contributed by atoms with E-state index in [1.807, 2.05) is 12.1 Å². The van der Waals surface area contributed by atoms with Gasteiger partial charge < -0.3 is 0 Å². The van der Waals surface area contributed by atoms with Gasteiger partial charge in [-0.05, 0) is 65.1 Å². The molecule has 2 aromatic rings. The number of alkyl halides is 3. The molecule has 0 aliphatic rings. The predicted octanol–water partition coefficient (Wildman–Crippen LogP) is 5.33. The van der Waals surface area contributed by atoms with Crippen LogP contribution in [-0.2, 0) is 6.18 Å². The van der Waals surface area contributed by atoms with Gasteiger partial charge in [-0.25, -0.2) is 0 Å². The van der Waals surface area contributed by atoms with Crippen LogP contribution in [0.1, 0.15) is 11.1 Å². The van der Waals surface area contributed by atoms with Crippen LogP contribution in [0.5, 0.6) is 0 Å². The first-order chi connectivity index (χ1) is 9.40. The van der Waals surface area contributed by atoms with Crippen molar-refractivity contribution < 1.29 is 13.2 Å². The van der Waals surface area contributed by atoms with Crippen molar-refractivity contribution in [2.45, 2.75) is 16.0 Å². The zero-order valence-corrected chi connectivity index (χ0v) is 12.9. The fourth-order valence-corrected chi connectivity index (χ4v) is 2.85. The third-order valence-electron chi connectivity index (χ3n) is 2.46. The van der Waals surface area contributed by atoms with Gasteiger partial charge >= 0.3 is 6.18 Å². The fraction of sp³-hybridized carbons (Fsp3) is 0.0714. The molecular weight excluding hydrogens is 398 g/mol. The summed E-state index contributed by atoms with van der Waals surface area (Å²) in [5.74, 6) is 0. The van der Waals surface area contributed by atoms with Crippen LogP contribution < -0.4 is 0 Å². The highest BCUT2D eigenvalue weighted by atomic mass is 127. The maximum Gasteiger partial charge on any atom is 0.417 e. The van der Waals surface area contributed by atoms with E-state index in [2.05, 4.69) is 22.6 Å². The highest BCUT2D eigenvalue weighted by molar-refractivity contribution is 14.1. The first-order valence-electron chi connectivity index (χ1n) is 5.45. The van der Waals surface area contributed by atoms with Crippen molar-refractivity contribution in [2.24, 2.45) is 0 Å². The van der Waals surface area contributed by atoms with E-state index in [0.717, 1.165) is 26.3 Å². The lowest BCUT2D eigenvalue weighted by Gasteiger charge is -2.12. The smallest absolute Gasteiger partial charge is 0.192 e. The molecule has 102 valence electrons. The molecule has 20 heavy (non-hydrogen) atoms. The van der Waals surface area contributed by atoms with Gasteiger partial charge in [0.2, 0.25) is 0 Å². The molecule has 0 N–H and O–H groups in total. The Labute approximate surface area is 131 Å². The third kappa shape index (κ3) is 3.67. The van der Waals surface area contributed by atoms with Crippen LogP contribution in [0, 0.1) is 14.9 Å². The van der Waals surface area contributed by atoms with Crippen molar-refractivity contribution in [3.63, 3.8) is 0 Å². The lowest BCUT2D eigenvalue weighted by molar-refractivity contribution is -0.139. The van der Waals surface area contributed by atoms with Gasteiger partial charge in [0.25, 0.3) is 0 Å². The van der Waals surface area contributed by atoms with E-state index in [9.17, 15) is 13.2 Å². The number of hydrogen-bond acceptors (Lipinski definition) is 2. The molecule has 2 rings (SSSR count). The molecule has 0 aromatic heterocycles. The molecule has 6 heteroatoms. The zero-order valence-electron chi connectivity index (χ0n) is 9.91. The first kappa shape index (κ1) is 15.2. The summed E-state index contributed by atoms with van der Waals surface area (Å²) in [6.07, 6.45) is -4.47.